The molecule has 110 valence electrons. The topological polar surface area (TPSA) is 74.7 Å². The molecule has 1 aliphatic heterocycles. The number of rotatable bonds is 4. The van der Waals surface area contributed by atoms with Gasteiger partial charge in [0.2, 0.25) is 0 Å². The van der Waals surface area contributed by atoms with E-state index in [4.69, 9.17) is 16.7 Å². The third-order valence-corrected chi connectivity index (χ3v) is 4.04. The Morgan fingerprint density at radius 2 is 2.00 bits per heavy atom. The smallest absolute Gasteiger partial charge is 0.305 e. The number of carboxylic acids is 1. The number of halogens is 1. The Kier molecular flexibility index (Phi) is 4.69. The summed E-state index contributed by atoms with van der Waals surface area (Å²) >= 11 is 6.59. The molecule has 1 atom stereocenters. The van der Waals surface area contributed by atoms with Gasteiger partial charge in [0.15, 0.2) is 0 Å². The molecule has 0 aliphatic carbocycles. The van der Waals surface area contributed by atoms with Crippen LogP contribution in [-0.4, -0.2) is 33.2 Å². The number of thioether (sulfide) groups is 1. The minimum absolute atomic E-state index is 0.272. The number of nitrogens with zero attached hydrogens (tertiary/aromatic N) is 1. The minimum Gasteiger partial charge on any atom is -0.481 e. The molecule has 0 aromatic heterocycles. The Hall–Kier alpha value is -1.79. The summed E-state index contributed by atoms with van der Waals surface area (Å²) in [5.74, 6) is -1.52. The second-order valence-corrected chi connectivity index (χ2v) is 5.98. The summed E-state index contributed by atoms with van der Waals surface area (Å²) in [5.41, 5.74) is 0.746. The van der Waals surface area contributed by atoms with Gasteiger partial charge in [-0.1, -0.05) is 23.7 Å². The summed E-state index contributed by atoms with van der Waals surface area (Å²) in [7, 11) is 0. The first-order valence-electron chi connectivity index (χ1n) is 6.13. The summed E-state index contributed by atoms with van der Waals surface area (Å²) in [6, 6.07) is 6.16. The average Bonchev–Trinajstić information content (AvgIpc) is 2.66. The van der Waals surface area contributed by atoms with E-state index in [1.54, 1.807) is 30.3 Å². The normalized spacial score (nSPS) is 18.4. The maximum absolute atomic E-state index is 12.2. The molecule has 0 spiro atoms. The van der Waals surface area contributed by atoms with Gasteiger partial charge in [0, 0.05) is 11.1 Å². The number of imide groups is 1. The Bertz CT molecular complexity index is 626. The summed E-state index contributed by atoms with van der Waals surface area (Å²) < 4.78 is 0. The van der Waals surface area contributed by atoms with Crippen molar-refractivity contribution in [3.8, 4) is 0 Å². The minimum atomic E-state index is -1.05. The van der Waals surface area contributed by atoms with Gasteiger partial charge in [-0.3, -0.25) is 19.3 Å². The highest BCUT2D eigenvalue weighted by Gasteiger charge is 2.38. The number of amides is 2. The molecule has 2 amide bonds. The highest BCUT2D eigenvalue weighted by molar-refractivity contribution is 8.18. The lowest BCUT2D eigenvalue weighted by molar-refractivity contribution is -0.138. The van der Waals surface area contributed by atoms with E-state index in [0.29, 0.717) is 5.02 Å². The molecule has 1 unspecified atom stereocenters. The van der Waals surface area contributed by atoms with Gasteiger partial charge >= 0.3 is 5.97 Å². The van der Waals surface area contributed by atoms with Crippen molar-refractivity contribution >= 4 is 46.6 Å². The predicted molar refractivity (Wildman–Crippen MR) is 81.0 cm³/mol. The first-order valence-corrected chi connectivity index (χ1v) is 7.32. The second-order valence-electron chi connectivity index (χ2n) is 4.55. The molecule has 1 heterocycles. The lowest BCUT2D eigenvalue weighted by atomic mass is 10.2. The van der Waals surface area contributed by atoms with E-state index in [-0.39, 0.29) is 11.3 Å². The number of hydrogen-bond acceptors (Lipinski definition) is 4. The van der Waals surface area contributed by atoms with E-state index in [1.807, 2.05) is 0 Å². The fourth-order valence-electron chi connectivity index (χ4n) is 1.91. The van der Waals surface area contributed by atoms with Gasteiger partial charge in [-0.15, -0.1) is 0 Å². The summed E-state index contributed by atoms with van der Waals surface area (Å²) in [5, 5.41) is 8.89. The van der Waals surface area contributed by atoms with Crippen LogP contribution >= 0.6 is 23.4 Å². The van der Waals surface area contributed by atoms with Crippen LogP contribution in [0.15, 0.2) is 29.2 Å². The number of carbonyl (C=O) groups is 3. The van der Waals surface area contributed by atoms with E-state index >= 15 is 0 Å². The SMILES string of the molecule is CC(CC(=O)O)N1C(=O)S/C(=C\c2ccc(Cl)cc2)C1=O. The van der Waals surface area contributed by atoms with Gasteiger partial charge in [0.25, 0.3) is 11.1 Å². The van der Waals surface area contributed by atoms with Gasteiger partial charge in [0.1, 0.15) is 0 Å². The van der Waals surface area contributed by atoms with Crippen molar-refractivity contribution in [1.29, 1.82) is 0 Å². The molecule has 0 saturated carbocycles. The zero-order valence-corrected chi connectivity index (χ0v) is 12.6. The molecule has 7 heteroatoms. The van der Waals surface area contributed by atoms with Crippen LogP contribution < -0.4 is 0 Å². The number of hydrogen-bond donors (Lipinski definition) is 1. The molecule has 2 rings (SSSR count). The van der Waals surface area contributed by atoms with E-state index in [2.05, 4.69) is 0 Å². The van der Waals surface area contributed by atoms with Crippen molar-refractivity contribution in [2.24, 2.45) is 0 Å². The summed E-state index contributed by atoms with van der Waals surface area (Å²) in [6.45, 7) is 1.54. The molecule has 1 aliphatic rings. The Morgan fingerprint density at radius 1 is 1.38 bits per heavy atom. The highest BCUT2D eigenvalue weighted by atomic mass is 35.5. The van der Waals surface area contributed by atoms with Crippen LogP contribution in [0.25, 0.3) is 6.08 Å². The summed E-state index contributed by atoms with van der Waals surface area (Å²) in [6.07, 6.45) is 1.32. The van der Waals surface area contributed by atoms with Crippen molar-refractivity contribution in [2.45, 2.75) is 19.4 Å². The molecule has 1 fully saturated rings. The quantitative estimate of drug-likeness (QED) is 0.860. The van der Waals surface area contributed by atoms with Crippen molar-refractivity contribution in [3.05, 3.63) is 39.8 Å². The first-order chi connectivity index (χ1) is 9.88. The second kappa shape index (κ2) is 6.32. The Labute approximate surface area is 130 Å². The molecule has 1 saturated heterocycles. The van der Waals surface area contributed by atoms with Gasteiger partial charge in [-0.25, -0.2) is 0 Å². The standard InChI is InChI=1S/C14H12ClNO4S/c1-8(6-12(17)18)16-13(19)11(21-14(16)20)7-9-2-4-10(15)5-3-9/h2-5,7-8H,6H2,1H3,(H,17,18)/b11-7-. The van der Waals surface area contributed by atoms with Crippen molar-refractivity contribution < 1.29 is 19.5 Å². The van der Waals surface area contributed by atoms with Gasteiger partial charge in [-0.2, -0.15) is 0 Å². The van der Waals surface area contributed by atoms with E-state index in [0.717, 1.165) is 22.2 Å². The molecular weight excluding hydrogens is 314 g/mol. The maximum atomic E-state index is 12.2. The third-order valence-electron chi connectivity index (χ3n) is 2.90. The van der Waals surface area contributed by atoms with Crippen molar-refractivity contribution in [1.82, 2.24) is 4.90 Å². The van der Waals surface area contributed by atoms with Crippen LogP contribution in [0.5, 0.6) is 0 Å². The number of carbonyl (C=O) groups excluding carboxylic acids is 2. The molecule has 1 aromatic rings. The molecule has 0 radical (unpaired) electrons. The highest BCUT2D eigenvalue weighted by Crippen LogP contribution is 2.34. The monoisotopic (exact) mass is 325 g/mol. The van der Waals surface area contributed by atoms with Gasteiger partial charge < -0.3 is 5.11 Å². The van der Waals surface area contributed by atoms with Gasteiger partial charge in [0.05, 0.1) is 11.3 Å². The zero-order valence-electron chi connectivity index (χ0n) is 11.1. The fourth-order valence-corrected chi connectivity index (χ4v) is 2.97. The molecule has 21 heavy (non-hydrogen) atoms. The van der Waals surface area contributed by atoms with Crippen LogP contribution in [0, 0.1) is 0 Å². The molecular formula is C14H12ClNO4S. The van der Waals surface area contributed by atoms with Crippen molar-refractivity contribution in [2.75, 3.05) is 0 Å². The van der Waals surface area contributed by atoms with Crippen molar-refractivity contribution in [3.63, 3.8) is 0 Å². The molecule has 5 nitrogen and oxygen atoms in total. The summed E-state index contributed by atoms with van der Waals surface area (Å²) in [4.78, 5) is 36.0. The average molecular weight is 326 g/mol. The van der Waals surface area contributed by atoms with E-state index < -0.39 is 23.2 Å². The fraction of sp³-hybridized carbons (Fsp3) is 0.214. The maximum Gasteiger partial charge on any atom is 0.305 e. The zero-order chi connectivity index (χ0) is 15.6. The predicted octanol–water partition coefficient (Wildman–Crippen LogP) is 3.24. The van der Waals surface area contributed by atoms with E-state index in [1.165, 1.54) is 6.92 Å². The van der Waals surface area contributed by atoms with Gasteiger partial charge in [-0.05, 0) is 42.5 Å². The Morgan fingerprint density at radius 3 is 2.57 bits per heavy atom. The molecule has 0 bridgehead atoms. The lowest BCUT2D eigenvalue weighted by Crippen LogP contribution is -2.38. The van der Waals surface area contributed by atoms with E-state index in [9.17, 15) is 14.4 Å². The molecule has 1 aromatic carbocycles. The van der Waals surface area contributed by atoms with Crippen LogP contribution in [-0.2, 0) is 9.59 Å². The molecule has 1 N–H and O–H groups in total. The third kappa shape index (κ3) is 3.65. The lowest BCUT2D eigenvalue weighted by Gasteiger charge is -2.19. The number of carboxylic acid groups (broad SMARTS) is 1. The van der Waals surface area contributed by atoms with Crippen LogP contribution in [0.2, 0.25) is 5.02 Å². The first kappa shape index (κ1) is 15.6. The Balaban J connectivity index is 2.21. The van der Waals surface area contributed by atoms with Crippen LogP contribution in [0.1, 0.15) is 18.9 Å². The number of aliphatic carboxylic acids is 1. The van der Waals surface area contributed by atoms with Crippen LogP contribution in [0.4, 0.5) is 4.79 Å². The number of benzene rings is 1. The largest absolute Gasteiger partial charge is 0.481 e. The van der Waals surface area contributed by atoms with Crippen LogP contribution in [0.3, 0.4) is 0 Å².